The molecule has 0 atom stereocenters. The smallest absolute Gasteiger partial charge is 0.265 e. The van der Waals surface area contributed by atoms with E-state index in [0.717, 1.165) is 33.3 Å². The molecule has 0 saturated carbocycles. The molecule has 0 amide bonds. The fraction of sp³-hybridized carbons (Fsp3) is 0.273. The number of hydrogen-bond donors (Lipinski definition) is 1. The Morgan fingerprint density at radius 3 is 2.52 bits per heavy atom. The van der Waals surface area contributed by atoms with Gasteiger partial charge >= 0.3 is 0 Å². The first-order valence-corrected chi connectivity index (χ1v) is 9.65. The highest BCUT2D eigenvalue weighted by molar-refractivity contribution is 6.04. The first-order valence-electron chi connectivity index (χ1n) is 9.65. The highest BCUT2D eigenvalue weighted by Crippen LogP contribution is 2.30. The second-order valence-electron chi connectivity index (χ2n) is 7.65. The van der Waals surface area contributed by atoms with Gasteiger partial charge < -0.3 is 9.47 Å². The number of hydrazone groups is 1. The van der Waals surface area contributed by atoms with Gasteiger partial charge in [0, 0.05) is 31.2 Å². The van der Waals surface area contributed by atoms with Crippen LogP contribution in [0.3, 0.4) is 0 Å². The first kappa shape index (κ1) is 18.9. The second kappa shape index (κ2) is 7.50. The minimum Gasteiger partial charge on any atom is -0.378 e. The van der Waals surface area contributed by atoms with Crippen LogP contribution in [0.4, 0.5) is 11.6 Å². The maximum Gasteiger partial charge on any atom is 0.265 e. The molecule has 0 aliphatic heterocycles. The third-order valence-corrected chi connectivity index (χ3v) is 4.87. The molecule has 0 fully saturated rings. The van der Waals surface area contributed by atoms with Gasteiger partial charge in [-0.05, 0) is 50.6 Å². The van der Waals surface area contributed by atoms with E-state index in [1.165, 1.54) is 5.56 Å². The number of benzene rings is 2. The molecule has 2 heterocycles. The summed E-state index contributed by atoms with van der Waals surface area (Å²) >= 11 is 0. The zero-order chi connectivity index (χ0) is 20.5. The standard InChI is InChI=1S/C22H25N7/c1-14(2)29-19-11-6-15(3)12-18(19)20-21(29)24-22(27-25-20)26-23-13-16-7-9-17(10-8-16)28(4)5/h6-14H,1-5H3,(H,24,26,27)/b23-13+. The lowest BCUT2D eigenvalue weighted by atomic mass is 10.2. The van der Waals surface area contributed by atoms with Crippen molar-refractivity contribution in [2.45, 2.75) is 26.8 Å². The third kappa shape index (κ3) is 3.63. The van der Waals surface area contributed by atoms with Crippen LogP contribution in [0.25, 0.3) is 22.1 Å². The largest absolute Gasteiger partial charge is 0.378 e. The molecule has 0 spiro atoms. The van der Waals surface area contributed by atoms with Crippen molar-refractivity contribution >= 4 is 39.9 Å². The minimum atomic E-state index is 0.251. The van der Waals surface area contributed by atoms with E-state index in [9.17, 15) is 0 Å². The minimum absolute atomic E-state index is 0.251. The summed E-state index contributed by atoms with van der Waals surface area (Å²) in [5, 5.41) is 14.0. The highest BCUT2D eigenvalue weighted by atomic mass is 15.4. The Kier molecular flexibility index (Phi) is 4.88. The van der Waals surface area contributed by atoms with E-state index in [0.29, 0.717) is 5.95 Å². The van der Waals surface area contributed by atoms with Gasteiger partial charge in [0.2, 0.25) is 0 Å². The predicted molar refractivity (Wildman–Crippen MR) is 120 cm³/mol. The van der Waals surface area contributed by atoms with E-state index in [4.69, 9.17) is 0 Å². The molecule has 0 saturated heterocycles. The Hall–Kier alpha value is -3.48. The third-order valence-electron chi connectivity index (χ3n) is 4.87. The monoisotopic (exact) mass is 387 g/mol. The average Bonchev–Trinajstić information content (AvgIpc) is 3.01. The van der Waals surface area contributed by atoms with Crippen molar-refractivity contribution in [3.63, 3.8) is 0 Å². The van der Waals surface area contributed by atoms with Crippen LogP contribution in [-0.2, 0) is 0 Å². The van der Waals surface area contributed by atoms with Crippen molar-refractivity contribution in [2.75, 3.05) is 24.4 Å². The van der Waals surface area contributed by atoms with E-state index in [-0.39, 0.29) is 6.04 Å². The number of aromatic nitrogens is 4. The van der Waals surface area contributed by atoms with Crippen LogP contribution < -0.4 is 10.3 Å². The number of rotatable bonds is 5. The maximum atomic E-state index is 4.69. The average molecular weight is 387 g/mol. The number of nitrogens with zero attached hydrogens (tertiary/aromatic N) is 6. The van der Waals surface area contributed by atoms with Crippen molar-refractivity contribution in [3.05, 3.63) is 53.6 Å². The topological polar surface area (TPSA) is 71.2 Å². The summed E-state index contributed by atoms with van der Waals surface area (Å²) in [6.07, 6.45) is 1.74. The van der Waals surface area contributed by atoms with Crippen LogP contribution in [-0.4, -0.2) is 40.1 Å². The number of aryl methyl sites for hydroxylation is 1. The van der Waals surface area contributed by atoms with Crippen LogP contribution in [0.1, 0.15) is 31.0 Å². The molecule has 29 heavy (non-hydrogen) atoms. The summed E-state index contributed by atoms with van der Waals surface area (Å²) < 4.78 is 2.19. The van der Waals surface area contributed by atoms with E-state index >= 15 is 0 Å². The summed E-state index contributed by atoms with van der Waals surface area (Å²) in [7, 11) is 4.03. The molecule has 0 aliphatic rings. The SMILES string of the molecule is Cc1ccc2c(c1)c1nnc(N/N=C/c3ccc(N(C)C)cc3)nc1n2C(C)C. The fourth-order valence-electron chi connectivity index (χ4n) is 3.42. The van der Waals surface area contributed by atoms with E-state index < -0.39 is 0 Å². The van der Waals surface area contributed by atoms with Gasteiger partial charge in [-0.25, -0.2) is 5.43 Å². The maximum absolute atomic E-state index is 4.69. The molecule has 4 rings (SSSR count). The lowest BCUT2D eigenvalue weighted by Gasteiger charge is -2.11. The molecule has 7 nitrogen and oxygen atoms in total. The summed E-state index contributed by atoms with van der Waals surface area (Å²) in [5.41, 5.74) is 8.96. The Morgan fingerprint density at radius 2 is 1.83 bits per heavy atom. The molecular formula is C22H25N7. The number of hydrogen-bond acceptors (Lipinski definition) is 6. The van der Waals surface area contributed by atoms with E-state index in [1.807, 2.05) is 26.2 Å². The van der Waals surface area contributed by atoms with Gasteiger partial charge in [-0.1, -0.05) is 23.8 Å². The fourth-order valence-corrected chi connectivity index (χ4v) is 3.42. The Morgan fingerprint density at radius 1 is 1.07 bits per heavy atom. The number of nitrogens with one attached hydrogen (secondary N) is 1. The first-order chi connectivity index (χ1) is 13.9. The molecule has 0 unspecified atom stereocenters. The van der Waals surface area contributed by atoms with Gasteiger partial charge in [0.25, 0.3) is 5.95 Å². The van der Waals surface area contributed by atoms with Crippen molar-refractivity contribution in [1.82, 2.24) is 19.7 Å². The van der Waals surface area contributed by atoms with Crippen molar-refractivity contribution < 1.29 is 0 Å². The van der Waals surface area contributed by atoms with Gasteiger partial charge in [0.05, 0.1) is 11.7 Å². The molecule has 0 aliphatic carbocycles. The summed E-state index contributed by atoms with van der Waals surface area (Å²) in [5.74, 6) is 0.375. The lowest BCUT2D eigenvalue weighted by Crippen LogP contribution is -2.08. The molecule has 7 heteroatoms. The Balaban J connectivity index is 1.65. The lowest BCUT2D eigenvalue weighted by molar-refractivity contribution is 0.636. The van der Waals surface area contributed by atoms with E-state index in [1.54, 1.807) is 6.21 Å². The van der Waals surface area contributed by atoms with Crippen LogP contribution in [0.2, 0.25) is 0 Å². The second-order valence-corrected chi connectivity index (χ2v) is 7.65. The molecular weight excluding hydrogens is 362 g/mol. The zero-order valence-electron chi connectivity index (χ0n) is 17.4. The molecule has 2 aromatic heterocycles. The van der Waals surface area contributed by atoms with Gasteiger partial charge in [0.1, 0.15) is 5.52 Å². The van der Waals surface area contributed by atoms with Crippen molar-refractivity contribution in [2.24, 2.45) is 5.10 Å². The number of fused-ring (bicyclic) bond motifs is 3. The predicted octanol–water partition coefficient (Wildman–Crippen LogP) is 4.38. The molecule has 0 bridgehead atoms. The summed E-state index contributed by atoms with van der Waals surface area (Å²) in [6, 6.07) is 14.7. The van der Waals surface area contributed by atoms with E-state index in [2.05, 4.69) is 86.3 Å². The van der Waals surface area contributed by atoms with Gasteiger partial charge in [-0.15, -0.1) is 10.2 Å². The van der Waals surface area contributed by atoms with Crippen molar-refractivity contribution in [1.29, 1.82) is 0 Å². The van der Waals surface area contributed by atoms with Crippen LogP contribution in [0.15, 0.2) is 47.6 Å². The normalized spacial score (nSPS) is 11.8. The Bertz CT molecular complexity index is 1190. The van der Waals surface area contributed by atoms with Crippen molar-refractivity contribution in [3.8, 4) is 0 Å². The van der Waals surface area contributed by atoms with Crippen LogP contribution >= 0.6 is 0 Å². The highest BCUT2D eigenvalue weighted by Gasteiger charge is 2.16. The van der Waals surface area contributed by atoms with Gasteiger partial charge in [-0.3, -0.25) is 0 Å². The Labute approximate surface area is 170 Å². The quantitative estimate of drug-likeness (QED) is 0.406. The molecule has 0 radical (unpaired) electrons. The summed E-state index contributed by atoms with van der Waals surface area (Å²) in [4.78, 5) is 6.75. The number of anilines is 2. The van der Waals surface area contributed by atoms with Crippen LogP contribution in [0, 0.1) is 6.92 Å². The molecule has 148 valence electrons. The van der Waals surface area contributed by atoms with Gasteiger partial charge in [-0.2, -0.15) is 10.1 Å². The van der Waals surface area contributed by atoms with Gasteiger partial charge in [0.15, 0.2) is 5.65 Å². The zero-order valence-corrected chi connectivity index (χ0v) is 17.4. The van der Waals surface area contributed by atoms with Crippen LogP contribution in [0.5, 0.6) is 0 Å². The molecule has 4 aromatic rings. The molecule has 2 aromatic carbocycles. The molecule has 1 N–H and O–H groups in total. The summed E-state index contributed by atoms with van der Waals surface area (Å²) in [6.45, 7) is 6.36.